The lowest BCUT2D eigenvalue weighted by Gasteiger charge is -2.10. The van der Waals surface area contributed by atoms with Gasteiger partial charge in [0, 0.05) is 12.1 Å². The van der Waals surface area contributed by atoms with E-state index in [4.69, 9.17) is 11.0 Å². The van der Waals surface area contributed by atoms with Crippen LogP contribution in [-0.4, -0.2) is 11.0 Å². The van der Waals surface area contributed by atoms with Gasteiger partial charge in [-0.2, -0.15) is 5.26 Å². The van der Waals surface area contributed by atoms with Crippen LogP contribution in [0, 0.1) is 21.4 Å². The van der Waals surface area contributed by atoms with E-state index in [0.717, 1.165) is 18.4 Å². The van der Waals surface area contributed by atoms with Crippen molar-refractivity contribution in [1.29, 1.82) is 5.26 Å². The molecule has 5 nitrogen and oxygen atoms in total. The highest BCUT2D eigenvalue weighted by molar-refractivity contribution is 5.50. The summed E-state index contributed by atoms with van der Waals surface area (Å²) in [6, 6.07) is 6.45. The minimum atomic E-state index is -0.547. The molecule has 90 valence electrons. The maximum absolute atomic E-state index is 10.6. The van der Waals surface area contributed by atoms with Crippen molar-refractivity contribution >= 4 is 5.69 Å². The summed E-state index contributed by atoms with van der Waals surface area (Å²) in [4.78, 5) is 10.1. The quantitative estimate of drug-likeness (QED) is 0.622. The molecule has 1 rings (SSSR count). The van der Waals surface area contributed by atoms with Crippen LogP contribution in [0.1, 0.15) is 30.9 Å². The van der Waals surface area contributed by atoms with Gasteiger partial charge in [-0.15, -0.1) is 0 Å². The molecule has 1 aromatic carbocycles. The normalized spacial score (nSPS) is 11.8. The highest BCUT2D eigenvalue weighted by Crippen LogP contribution is 2.20. The molecule has 1 aromatic rings. The summed E-state index contributed by atoms with van der Waals surface area (Å²) in [6.07, 6.45) is 2.54. The minimum Gasteiger partial charge on any atom is -0.327 e. The van der Waals surface area contributed by atoms with Crippen LogP contribution in [0.15, 0.2) is 18.2 Å². The van der Waals surface area contributed by atoms with Crippen LogP contribution in [0.3, 0.4) is 0 Å². The van der Waals surface area contributed by atoms with Crippen LogP contribution < -0.4 is 5.73 Å². The van der Waals surface area contributed by atoms with Crippen molar-refractivity contribution in [3.63, 3.8) is 0 Å². The van der Waals surface area contributed by atoms with Gasteiger partial charge < -0.3 is 5.73 Å². The van der Waals surface area contributed by atoms with Crippen molar-refractivity contribution in [2.75, 3.05) is 0 Å². The molecular formula is C12H15N3O2. The van der Waals surface area contributed by atoms with E-state index in [1.54, 1.807) is 12.1 Å². The van der Waals surface area contributed by atoms with Crippen molar-refractivity contribution in [2.24, 2.45) is 5.73 Å². The van der Waals surface area contributed by atoms with Gasteiger partial charge in [-0.1, -0.05) is 19.4 Å². The average molecular weight is 233 g/mol. The maximum Gasteiger partial charge on any atom is 0.287 e. The molecule has 0 spiro atoms. The number of nitro benzene ring substituents is 1. The zero-order chi connectivity index (χ0) is 12.8. The fraction of sp³-hybridized carbons (Fsp3) is 0.417. The third kappa shape index (κ3) is 3.54. The van der Waals surface area contributed by atoms with Gasteiger partial charge in [0.1, 0.15) is 11.6 Å². The number of rotatable bonds is 5. The Labute approximate surface area is 100 Å². The van der Waals surface area contributed by atoms with Crippen LogP contribution in [0.2, 0.25) is 0 Å². The first-order valence-corrected chi connectivity index (χ1v) is 5.51. The predicted octanol–water partition coefficient (Wildman–Crippen LogP) is 2.14. The van der Waals surface area contributed by atoms with E-state index in [1.165, 1.54) is 6.07 Å². The number of nitrogens with two attached hydrogens (primary N) is 1. The van der Waals surface area contributed by atoms with E-state index in [0.29, 0.717) is 6.42 Å². The van der Waals surface area contributed by atoms with Gasteiger partial charge in [-0.3, -0.25) is 10.1 Å². The van der Waals surface area contributed by atoms with Gasteiger partial charge in [0.25, 0.3) is 5.69 Å². The fourth-order valence-corrected chi connectivity index (χ4v) is 1.73. The standard InChI is InChI=1S/C12H15N3O2/c1-2-3-11(14)7-9-4-5-12(15(16)17)10(6-9)8-13/h4-6,11H,2-3,7,14H2,1H3. The van der Waals surface area contributed by atoms with E-state index < -0.39 is 4.92 Å². The van der Waals surface area contributed by atoms with E-state index in [1.807, 2.05) is 6.07 Å². The molecule has 0 amide bonds. The van der Waals surface area contributed by atoms with Crippen LogP contribution in [0.25, 0.3) is 0 Å². The van der Waals surface area contributed by atoms with Crippen LogP contribution in [0.5, 0.6) is 0 Å². The fourth-order valence-electron chi connectivity index (χ4n) is 1.73. The second-order valence-corrected chi connectivity index (χ2v) is 3.97. The first-order chi connectivity index (χ1) is 8.08. The minimum absolute atomic E-state index is 0.0352. The summed E-state index contributed by atoms with van der Waals surface area (Å²) >= 11 is 0. The summed E-state index contributed by atoms with van der Waals surface area (Å²) in [5.41, 5.74) is 6.70. The zero-order valence-corrected chi connectivity index (χ0v) is 9.72. The molecule has 0 aliphatic carbocycles. The molecule has 0 saturated heterocycles. The molecule has 0 saturated carbocycles. The smallest absolute Gasteiger partial charge is 0.287 e. The molecule has 0 bridgehead atoms. The van der Waals surface area contributed by atoms with Gasteiger partial charge in [0.2, 0.25) is 0 Å². The first kappa shape index (κ1) is 13.1. The summed E-state index contributed by atoms with van der Waals surface area (Å²) in [5, 5.41) is 19.5. The van der Waals surface area contributed by atoms with Crippen LogP contribution >= 0.6 is 0 Å². The van der Waals surface area contributed by atoms with Crippen LogP contribution in [0.4, 0.5) is 5.69 Å². The topological polar surface area (TPSA) is 92.9 Å². The highest BCUT2D eigenvalue weighted by atomic mass is 16.6. The molecule has 0 fully saturated rings. The largest absolute Gasteiger partial charge is 0.327 e. The maximum atomic E-state index is 10.6. The predicted molar refractivity (Wildman–Crippen MR) is 64.4 cm³/mol. The second-order valence-electron chi connectivity index (χ2n) is 3.97. The molecule has 0 radical (unpaired) electrons. The number of hydrogen-bond donors (Lipinski definition) is 1. The van der Waals surface area contributed by atoms with Crippen molar-refractivity contribution < 1.29 is 4.92 Å². The second kappa shape index (κ2) is 5.97. The Morgan fingerprint density at radius 2 is 2.29 bits per heavy atom. The molecular weight excluding hydrogens is 218 g/mol. The van der Waals surface area contributed by atoms with Gasteiger partial charge in [-0.05, 0) is 24.5 Å². The van der Waals surface area contributed by atoms with E-state index in [2.05, 4.69) is 6.92 Å². The lowest BCUT2D eigenvalue weighted by molar-refractivity contribution is -0.385. The van der Waals surface area contributed by atoms with E-state index >= 15 is 0 Å². The van der Waals surface area contributed by atoms with Gasteiger partial charge in [-0.25, -0.2) is 0 Å². The monoisotopic (exact) mass is 233 g/mol. The van der Waals surface area contributed by atoms with Crippen molar-refractivity contribution in [1.82, 2.24) is 0 Å². The molecule has 0 aromatic heterocycles. The van der Waals surface area contributed by atoms with Gasteiger partial charge in [0.15, 0.2) is 0 Å². The molecule has 0 aliphatic heterocycles. The molecule has 1 unspecified atom stereocenters. The third-order valence-electron chi connectivity index (χ3n) is 2.54. The molecule has 17 heavy (non-hydrogen) atoms. The molecule has 2 N–H and O–H groups in total. The Morgan fingerprint density at radius 3 is 2.82 bits per heavy atom. The number of benzene rings is 1. The van der Waals surface area contributed by atoms with E-state index in [9.17, 15) is 10.1 Å². The van der Waals surface area contributed by atoms with Crippen molar-refractivity contribution in [3.05, 3.63) is 39.4 Å². The molecule has 5 heteroatoms. The number of nitro groups is 1. The average Bonchev–Trinajstić information content (AvgIpc) is 2.28. The molecule has 1 atom stereocenters. The Kier molecular flexibility index (Phi) is 4.61. The summed E-state index contributed by atoms with van der Waals surface area (Å²) in [7, 11) is 0. The Morgan fingerprint density at radius 1 is 1.59 bits per heavy atom. The summed E-state index contributed by atoms with van der Waals surface area (Å²) in [5.74, 6) is 0. The van der Waals surface area contributed by atoms with Crippen LogP contribution in [-0.2, 0) is 6.42 Å². The zero-order valence-electron chi connectivity index (χ0n) is 9.72. The summed E-state index contributed by atoms with van der Waals surface area (Å²) in [6.45, 7) is 2.05. The van der Waals surface area contributed by atoms with E-state index in [-0.39, 0.29) is 17.3 Å². The lowest BCUT2D eigenvalue weighted by atomic mass is 10.0. The number of hydrogen-bond acceptors (Lipinski definition) is 4. The number of nitrogens with zero attached hydrogens (tertiary/aromatic N) is 2. The van der Waals surface area contributed by atoms with Crippen molar-refractivity contribution in [2.45, 2.75) is 32.2 Å². The Hall–Kier alpha value is -1.93. The number of nitriles is 1. The first-order valence-electron chi connectivity index (χ1n) is 5.51. The lowest BCUT2D eigenvalue weighted by Crippen LogP contribution is -2.22. The third-order valence-corrected chi connectivity index (χ3v) is 2.54. The van der Waals surface area contributed by atoms with Gasteiger partial charge >= 0.3 is 0 Å². The molecule has 0 heterocycles. The highest BCUT2D eigenvalue weighted by Gasteiger charge is 2.14. The molecule has 0 aliphatic rings. The Balaban J connectivity index is 2.91. The van der Waals surface area contributed by atoms with Crippen molar-refractivity contribution in [3.8, 4) is 6.07 Å². The van der Waals surface area contributed by atoms with Gasteiger partial charge in [0.05, 0.1) is 4.92 Å². The Bertz CT molecular complexity index is 452. The SMILES string of the molecule is CCCC(N)Cc1ccc([N+](=O)[O-])c(C#N)c1. The summed E-state index contributed by atoms with van der Waals surface area (Å²) < 4.78 is 0.